The molecule has 4 heteroatoms. The zero-order chi connectivity index (χ0) is 13.8. The molecule has 1 unspecified atom stereocenters. The molecule has 98 valence electrons. The summed E-state index contributed by atoms with van der Waals surface area (Å²) in [5, 5.41) is 15.3. The summed E-state index contributed by atoms with van der Waals surface area (Å²) >= 11 is 7.64. The molecular weight excluding hydrogens is 276 g/mol. The van der Waals surface area contributed by atoms with Crippen LogP contribution in [0.1, 0.15) is 30.3 Å². The van der Waals surface area contributed by atoms with Crippen molar-refractivity contribution in [1.29, 1.82) is 5.26 Å². The lowest BCUT2D eigenvalue weighted by molar-refractivity contribution is 0.553. The molecule has 1 aromatic heterocycles. The van der Waals surface area contributed by atoms with E-state index in [4.69, 9.17) is 11.6 Å². The highest BCUT2D eigenvalue weighted by atomic mass is 35.5. The van der Waals surface area contributed by atoms with Gasteiger partial charge >= 0.3 is 0 Å². The van der Waals surface area contributed by atoms with Gasteiger partial charge in [-0.15, -0.1) is 11.3 Å². The third kappa shape index (κ3) is 3.28. The van der Waals surface area contributed by atoms with Crippen molar-refractivity contribution in [1.82, 2.24) is 0 Å². The van der Waals surface area contributed by atoms with Crippen LogP contribution in [-0.4, -0.2) is 0 Å². The van der Waals surface area contributed by atoms with E-state index in [9.17, 15) is 5.26 Å². The van der Waals surface area contributed by atoms with Crippen LogP contribution in [0, 0.1) is 17.2 Å². The third-order valence-electron chi connectivity index (χ3n) is 2.93. The maximum atomic E-state index is 9.18. The second kappa shape index (κ2) is 6.10. The number of benzene rings is 1. The standard InChI is InChI=1S/C15H15ClN2S/c1-10(2)15(14-4-3-7-19-14)18-13-6-5-12(16)8-11(13)9-17/h3-8,10,15,18H,1-2H3. The van der Waals surface area contributed by atoms with E-state index in [1.807, 2.05) is 12.1 Å². The Balaban J connectivity index is 2.31. The Labute approximate surface area is 122 Å². The molecule has 0 saturated heterocycles. The first-order chi connectivity index (χ1) is 9.11. The smallest absolute Gasteiger partial charge is 0.101 e. The van der Waals surface area contributed by atoms with Crippen LogP contribution in [0.25, 0.3) is 0 Å². The van der Waals surface area contributed by atoms with Crippen molar-refractivity contribution in [2.75, 3.05) is 5.32 Å². The molecule has 0 bridgehead atoms. The molecule has 0 radical (unpaired) electrons. The highest BCUT2D eigenvalue weighted by molar-refractivity contribution is 7.10. The number of nitrogens with one attached hydrogen (secondary N) is 1. The van der Waals surface area contributed by atoms with E-state index >= 15 is 0 Å². The van der Waals surface area contributed by atoms with Gasteiger partial charge in [-0.3, -0.25) is 0 Å². The fraction of sp³-hybridized carbons (Fsp3) is 0.267. The number of anilines is 1. The van der Waals surface area contributed by atoms with Crippen LogP contribution < -0.4 is 5.32 Å². The van der Waals surface area contributed by atoms with E-state index in [0.717, 1.165) is 5.69 Å². The van der Waals surface area contributed by atoms with Crippen LogP contribution >= 0.6 is 22.9 Å². The maximum Gasteiger partial charge on any atom is 0.101 e. The quantitative estimate of drug-likeness (QED) is 0.852. The normalized spacial score (nSPS) is 12.2. The Hall–Kier alpha value is -1.50. The largest absolute Gasteiger partial charge is 0.376 e. The van der Waals surface area contributed by atoms with Crippen LogP contribution in [0.2, 0.25) is 5.02 Å². The lowest BCUT2D eigenvalue weighted by Crippen LogP contribution is -2.16. The first-order valence-corrected chi connectivity index (χ1v) is 7.37. The van der Waals surface area contributed by atoms with Gasteiger partial charge in [0.05, 0.1) is 17.3 Å². The van der Waals surface area contributed by atoms with E-state index < -0.39 is 0 Å². The van der Waals surface area contributed by atoms with Crippen LogP contribution in [0.5, 0.6) is 0 Å². The topological polar surface area (TPSA) is 35.8 Å². The Kier molecular flexibility index (Phi) is 4.47. The molecule has 2 aromatic rings. The molecule has 2 nitrogen and oxygen atoms in total. The van der Waals surface area contributed by atoms with E-state index in [0.29, 0.717) is 16.5 Å². The molecule has 0 aliphatic heterocycles. The van der Waals surface area contributed by atoms with Crippen molar-refractivity contribution in [2.45, 2.75) is 19.9 Å². The van der Waals surface area contributed by atoms with Gasteiger partial charge in [0.2, 0.25) is 0 Å². The van der Waals surface area contributed by atoms with E-state index in [-0.39, 0.29) is 6.04 Å². The molecule has 19 heavy (non-hydrogen) atoms. The third-order valence-corrected chi connectivity index (χ3v) is 4.12. The Bertz CT molecular complexity index is 585. The molecule has 0 saturated carbocycles. The molecule has 0 amide bonds. The van der Waals surface area contributed by atoms with E-state index in [1.165, 1.54) is 4.88 Å². The minimum atomic E-state index is 0.202. The predicted octanol–water partition coefficient (Wildman–Crippen LogP) is 5.08. The molecule has 0 spiro atoms. The Morgan fingerprint density at radius 1 is 1.32 bits per heavy atom. The van der Waals surface area contributed by atoms with Crippen LogP contribution in [0.3, 0.4) is 0 Å². The SMILES string of the molecule is CC(C)C(Nc1ccc(Cl)cc1C#N)c1cccs1. The summed E-state index contributed by atoms with van der Waals surface area (Å²) in [5.74, 6) is 0.431. The molecule has 1 aromatic carbocycles. The molecule has 0 fully saturated rings. The van der Waals surface area contributed by atoms with Gasteiger partial charge in [-0.2, -0.15) is 5.26 Å². The molecule has 2 rings (SSSR count). The summed E-state index contributed by atoms with van der Waals surface area (Å²) in [7, 11) is 0. The van der Waals surface area contributed by atoms with Gasteiger partial charge in [-0.25, -0.2) is 0 Å². The summed E-state index contributed by atoms with van der Waals surface area (Å²) in [6, 6.07) is 11.9. The Morgan fingerprint density at radius 3 is 2.68 bits per heavy atom. The summed E-state index contributed by atoms with van der Waals surface area (Å²) in [4.78, 5) is 1.27. The molecule has 1 heterocycles. The van der Waals surface area contributed by atoms with Gasteiger partial charge in [0.15, 0.2) is 0 Å². The fourth-order valence-electron chi connectivity index (χ4n) is 1.94. The average molecular weight is 291 g/mol. The zero-order valence-corrected chi connectivity index (χ0v) is 12.4. The molecule has 0 aliphatic carbocycles. The zero-order valence-electron chi connectivity index (χ0n) is 10.9. The lowest BCUT2D eigenvalue weighted by Gasteiger charge is -2.23. The van der Waals surface area contributed by atoms with Gasteiger partial charge in [0.25, 0.3) is 0 Å². The molecule has 1 N–H and O–H groups in total. The van der Waals surface area contributed by atoms with Crippen molar-refractivity contribution in [3.8, 4) is 6.07 Å². The van der Waals surface area contributed by atoms with Gasteiger partial charge in [-0.05, 0) is 35.6 Å². The van der Waals surface area contributed by atoms with Crippen molar-refractivity contribution in [3.63, 3.8) is 0 Å². The first-order valence-electron chi connectivity index (χ1n) is 6.11. The second-order valence-corrected chi connectivity index (χ2v) is 6.10. The highest BCUT2D eigenvalue weighted by Gasteiger charge is 2.18. The molecule has 0 aliphatic rings. The van der Waals surface area contributed by atoms with Crippen LogP contribution in [0.15, 0.2) is 35.7 Å². The van der Waals surface area contributed by atoms with Crippen molar-refractivity contribution >= 4 is 28.6 Å². The molecule has 1 atom stereocenters. The summed E-state index contributed by atoms with van der Waals surface area (Å²) in [6.45, 7) is 4.33. The number of rotatable bonds is 4. The number of nitriles is 1. The predicted molar refractivity (Wildman–Crippen MR) is 81.7 cm³/mol. The number of hydrogen-bond donors (Lipinski definition) is 1. The maximum absolute atomic E-state index is 9.18. The first kappa shape index (κ1) is 13.9. The minimum Gasteiger partial charge on any atom is -0.376 e. The van der Waals surface area contributed by atoms with Crippen LogP contribution in [-0.2, 0) is 0 Å². The fourth-order valence-corrected chi connectivity index (χ4v) is 3.06. The van der Waals surface area contributed by atoms with Crippen LogP contribution in [0.4, 0.5) is 5.69 Å². The van der Waals surface area contributed by atoms with Gasteiger partial charge in [0, 0.05) is 9.90 Å². The lowest BCUT2D eigenvalue weighted by atomic mass is 10.0. The van der Waals surface area contributed by atoms with E-state index in [2.05, 4.69) is 36.7 Å². The van der Waals surface area contributed by atoms with Gasteiger partial charge in [0.1, 0.15) is 6.07 Å². The molecular formula is C15H15ClN2S. The monoisotopic (exact) mass is 290 g/mol. The summed E-state index contributed by atoms with van der Waals surface area (Å²) in [6.07, 6.45) is 0. The number of nitrogens with zero attached hydrogens (tertiary/aromatic N) is 1. The average Bonchev–Trinajstić information content (AvgIpc) is 2.90. The van der Waals surface area contributed by atoms with Crippen molar-refractivity contribution in [2.24, 2.45) is 5.92 Å². The summed E-state index contributed by atoms with van der Waals surface area (Å²) in [5.41, 5.74) is 1.41. The van der Waals surface area contributed by atoms with E-state index in [1.54, 1.807) is 23.5 Å². The number of thiophene rings is 1. The van der Waals surface area contributed by atoms with Gasteiger partial charge < -0.3 is 5.32 Å². The minimum absolute atomic E-state index is 0.202. The number of halogens is 1. The van der Waals surface area contributed by atoms with Gasteiger partial charge in [-0.1, -0.05) is 31.5 Å². The van der Waals surface area contributed by atoms with Crippen molar-refractivity contribution in [3.05, 3.63) is 51.2 Å². The Morgan fingerprint density at radius 2 is 2.11 bits per heavy atom. The summed E-state index contributed by atoms with van der Waals surface area (Å²) < 4.78 is 0. The number of hydrogen-bond acceptors (Lipinski definition) is 3. The highest BCUT2D eigenvalue weighted by Crippen LogP contribution is 2.31. The second-order valence-electron chi connectivity index (χ2n) is 4.68. The van der Waals surface area contributed by atoms with Crippen molar-refractivity contribution < 1.29 is 0 Å².